The summed E-state index contributed by atoms with van der Waals surface area (Å²) in [7, 11) is 0. The fourth-order valence-electron chi connectivity index (χ4n) is 1.43. The van der Waals surface area contributed by atoms with Crippen molar-refractivity contribution in [2.24, 2.45) is 0 Å². The Hall–Kier alpha value is -1.15. The maximum Gasteiger partial charge on any atom is 0.129 e. The number of benzene rings is 1. The minimum atomic E-state index is -0.780. The molecule has 1 atom stereocenters. The maximum atomic E-state index is 13.5. The molecule has 0 fully saturated rings. The van der Waals surface area contributed by atoms with Crippen LogP contribution in [0.5, 0.6) is 0 Å². The second kappa shape index (κ2) is 5.08. The molecule has 0 aliphatic rings. The summed E-state index contributed by atoms with van der Waals surface area (Å²) >= 11 is 0. The highest BCUT2D eigenvalue weighted by atomic mass is 19.1. The van der Waals surface area contributed by atoms with E-state index in [1.807, 2.05) is 13.8 Å². The highest BCUT2D eigenvalue weighted by Crippen LogP contribution is 2.24. The van der Waals surface area contributed by atoms with Crippen molar-refractivity contribution in [3.05, 3.63) is 47.3 Å². The van der Waals surface area contributed by atoms with Gasteiger partial charge in [0.1, 0.15) is 5.82 Å². The van der Waals surface area contributed by atoms with Crippen LogP contribution >= 0.6 is 0 Å². The number of hydrogen-bond acceptors (Lipinski definition) is 1. The van der Waals surface area contributed by atoms with Crippen LogP contribution in [0.4, 0.5) is 4.39 Å². The van der Waals surface area contributed by atoms with Crippen LogP contribution in [0.2, 0.25) is 0 Å². The second-order valence-corrected chi connectivity index (χ2v) is 3.85. The van der Waals surface area contributed by atoms with Crippen molar-refractivity contribution >= 4 is 0 Å². The van der Waals surface area contributed by atoms with Crippen LogP contribution in [0.15, 0.2) is 30.4 Å². The Morgan fingerprint density at radius 3 is 2.73 bits per heavy atom. The Kier molecular flexibility index (Phi) is 4.04. The monoisotopic (exact) mass is 208 g/mol. The van der Waals surface area contributed by atoms with E-state index in [0.29, 0.717) is 12.0 Å². The zero-order chi connectivity index (χ0) is 11.4. The second-order valence-electron chi connectivity index (χ2n) is 3.85. The molecule has 82 valence electrons. The van der Waals surface area contributed by atoms with Crippen LogP contribution in [0.3, 0.4) is 0 Å². The van der Waals surface area contributed by atoms with E-state index in [9.17, 15) is 9.50 Å². The van der Waals surface area contributed by atoms with Crippen LogP contribution in [0, 0.1) is 12.7 Å². The van der Waals surface area contributed by atoms with Gasteiger partial charge in [0, 0.05) is 5.56 Å². The van der Waals surface area contributed by atoms with Gasteiger partial charge in [0.2, 0.25) is 0 Å². The normalized spacial score (nSPS) is 12.5. The topological polar surface area (TPSA) is 20.2 Å². The summed E-state index contributed by atoms with van der Waals surface area (Å²) in [5, 5.41) is 9.79. The smallest absolute Gasteiger partial charge is 0.129 e. The Morgan fingerprint density at radius 2 is 2.20 bits per heavy atom. The quantitative estimate of drug-likeness (QED) is 0.750. The molecule has 1 nitrogen and oxygen atoms in total. The molecule has 1 aromatic carbocycles. The number of halogens is 1. The Labute approximate surface area is 90.3 Å². The molecule has 0 amide bonds. The van der Waals surface area contributed by atoms with Crippen LogP contribution in [-0.2, 0) is 0 Å². The zero-order valence-corrected chi connectivity index (χ0v) is 9.26. The average molecular weight is 208 g/mol. The van der Waals surface area contributed by atoms with E-state index in [-0.39, 0.29) is 5.82 Å². The number of aliphatic hydroxyl groups is 1. The molecule has 0 saturated carbocycles. The lowest BCUT2D eigenvalue weighted by atomic mass is 10.00. The fourth-order valence-corrected chi connectivity index (χ4v) is 1.43. The molecule has 1 rings (SSSR count). The first-order chi connectivity index (χ1) is 7.04. The lowest BCUT2D eigenvalue weighted by Crippen LogP contribution is -2.02. The van der Waals surface area contributed by atoms with E-state index in [1.165, 1.54) is 6.07 Å². The predicted octanol–water partition coefficient (Wildman–Crippen LogP) is 3.52. The first-order valence-corrected chi connectivity index (χ1v) is 5.15. The molecule has 2 heteroatoms. The van der Waals surface area contributed by atoms with Crippen LogP contribution in [-0.4, -0.2) is 5.11 Å². The third-order valence-electron chi connectivity index (χ3n) is 2.50. The molecule has 0 saturated heterocycles. The third-order valence-corrected chi connectivity index (χ3v) is 2.50. The van der Waals surface area contributed by atoms with Crippen molar-refractivity contribution in [3.63, 3.8) is 0 Å². The van der Waals surface area contributed by atoms with Gasteiger partial charge in [-0.3, -0.25) is 0 Å². The number of aliphatic hydroxyl groups excluding tert-OH is 1. The summed E-state index contributed by atoms with van der Waals surface area (Å²) in [6.07, 6.45) is 0.458. The highest BCUT2D eigenvalue weighted by molar-refractivity contribution is 5.26. The van der Waals surface area contributed by atoms with Gasteiger partial charge in [-0.2, -0.15) is 0 Å². The van der Waals surface area contributed by atoms with E-state index < -0.39 is 6.10 Å². The van der Waals surface area contributed by atoms with Crippen molar-refractivity contribution in [1.29, 1.82) is 0 Å². The molecule has 0 bridgehead atoms. The molecule has 15 heavy (non-hydrogen) atoms. The number of rotatable bonds is 4. The molecular weight excluding hydrogens is 191 g/mol. The van der Waals surface area contributed by atoms with E-state index >= 15 is 0 Å². The van der Waals surface area contributed by atoms with Gasteiger partial charge in [0.25, 0.3) is 0 Å². The zero-order valence-electron chi connectivity index (χ0n) is 9.26. The van der Waals surface area contributed by atoms with Crippen molar-refractivity contribution in [3.8, 4) is 0 Å². The Bertz CT molecular complexity index is 358. The molecule has 1 unspecified atom stereocenters. The van der Waals surface area contributed by atoms with Crippen LogP contribution in [0.1, 0.15) is 37.0 Å². The molecule has 0 aromatic heterocycles. The van der Waals surface area contributed by atoms with Gasteiger partial charge < -0.3 is 5.11 Å². The maximum absolute atomic E-state index is 13.5. The number of aryl methyl sites for hydroxylation is 1. The summed E-state index contributed by atoms with van der Waals surface area (Å²) in [4.78, 5) is 0. The lowest BCUT2D eigenvalue weighted by Gasteiger charge is -2.13. The lowest BCUT2D eigenvalue weighted by molar-refractivity contribution is 0.172. The van der Waals surface area contributed by atoms with Gasteiger partial charge in [0.15, 0.2) is 0 Å². The largest absolute Gasteiger partial charge is 0.388 e. The molecule has 1 N–H and O–H groups in total. The Morgan fingerprint density at radius 1 is 1.53 bits per heavy atom. The first-order valence-electron chi connectivity index (χ1n) is 5.15. The van der Waals surface area contributed by atoms with E-state index in [0.717, 1.165) is 17.6 Å². The van der Waals surface area contributed by atoms with Crippen LogP contribution < -0.4 is 0 Å². The van der Waals surface area contributed by atoms with Crippen molar-refractivity contribution in [2.75, 3.05) is 0 Å². The van der Waals surface area contributed by atoms with Gasteiger partial charge in [-0.25, -0.2) is 4.39 Å². The van der Waals surface area contributed by atoms with E-state index in [2.05, 4.69) is 6.58 Å². The van der Waals surface area contributed by atoms with Gasteiger partial charge in [-0.1, -0.05) is 31.2 Å². The minimum absolute atomic E-state index is 0.341. The molecule has 0 aliphatic heterocycles. The summed E-state index contributed by atoms with van der Waals surface area (Å²) < 4.78 is 13.5. The number of hydrogen-bond donors (Lipinski definition) is 1. The minimum Gasteiger partial charge on any atom is -0.388 e. The first kappa shape index (κ1) is 11.9. The molecule has 1 aromatic rings. The van der Waals surface area contributed by atoms with Gasteiger partial charge in [0.05, 0.1) is 6.10 Å². The molecular formula is C13H17FO. The SMILES string of the molecule is C=C(CC)CC(O)c1ccc(C)cc1F. The summed E-state index contributed by atoms with van der Waals surface area (Å²) in [5.74, 6) is -0.341. The van der Waals surface area contributed by atoms with E-state index in [1.54, 1.807) is 12.1 Å². The Balaban J connectivity index is 2.82. The molecule has 0 radical (unpaired) electrons. The summed E-state index contributed by atoms with van der Waals surface area (Å²) in [6.45, 7) is 7.60. The molecule has 0 aliphatic carbocycles. The standard InChI is InChI=1S/C13H17FO/c1-4-9(2)8-13(15)11-6-5-10(3)7-12(11)14/h5-7,13,15H,2,4,8H2,1,3H3. The van der Waals surface area contributed by atoms with E-state index in [4.69, 9.17) is 0 Å². The predicted molar refractivity (Wildman–Crippen MR) is 60.1 cm³/mol. The van der Waals surface area contributed by atoms with Gasteiger partial charge in [-0.15, -0.1) is 0 Å². The fraction of sp³-hybridized carbons (Fsp3) is 0.385. The average Bonchev–Trinajstić information content (AvgIpc) is 2.17. The highest BCUT2D eigenvalue weighted by Gasteiger charge is 2.13. The van der Waals surface area contributed by atoms with Crippen molar-refractivity contribution in [1.82, 2.24) is 0 Å². The van der Waals surface area contributed by atoms with Crippen LogP contribution in [0.25, 0.3) is 0 Å². The molecule has 0 heterocycles. The summed E-state index contributed by atoms with van der Waals surface area (Å²) in [5.41, 5.74) is 2.15. The summed E-state index contributed by atoms with van der Waals surface area (Å²) in [6, 6.07) is 4.88. The van der Waals surface area contributed by atoms with Crippen molar-refractivity contribution < 1.29 is 9.50 Å². The van der Waals surface area contributed by atoms with Gasteiger partial charge in [-0.05, 0) is 31.4 Å². The third kappa shape index (κ3) is 3.17. The van der Waals surface area contributed by atoms with Crippen molar-refractivity contribution in [2.45, 2.75) is 32.8 Å². The molecule has 0 spiro atoms. The van der Waals surface area contributed by atoms with Gasteiger partial charge >= 0.3 is 0 Å².